The van der Waals surface area contributed by atoms with Gasteiger partial charge in [0.2, 0.25) is 0 Å². The molecule has 0 saturated carbocycles. The predicted molar refractivity (Wildman–Crippen MR) is 84.2 cm³/mol. The van der Waals surface area contributed by atoms with Crippen molar-refractivity contribution >= 4 is 34.0 Å². The summed E-state index contributed by atoms with van der Waals surface area (Å²) in [6.45, 7) is 0. The minimum atomic E-state index is -0.300. The van der Waals surface area contributed by atoms with Crippen molar-refractivity contribution in [3.63, 3.8) is 0 Å². The van der Waals surface area contributed by atoms with Gasteiger partial charge in [0.1, 0.15) is 0 Å². The zero-order chi connectivity index (χ0) is 14.1. The maximum absolute atomic E-state index is 6.39. The molecular weight excluding hydrogens is 291 g/mol. The van der Waals surface area contributed by atoms with Gasteiger partial charge in [-0.1, -0.05) is 47.5 Å². The minimum Gasteiger partial charge on any atom is -0.320 e. The summed E-state index contributed by atoms with van der Waals surface area (Å²) >= 11 is 12.2. The lowest BCUT2D eigenvalue weighted by Crippen LogP contribution is -2.12. The number of halogens is 2. The summed E-state index contributed by atoms with van der Waals surface area (Å²) in [4.78, 5) is 4.13. The fourth-order valence-corrected chi connectivity index (χ4v) is 2.87. The summed E-state index contributed by atoms with van der Waals surface area (Å²) < 4.78 is 0. The smallest absolute Gasteiger partial charge is 0.0572 e. The van der Waals surface area contributed by atoms with Crippen LogP contribution in [0.15, 0.2) is 54.9 Å². The highest BCUT2D eigenvalue weighted by molar-refractivity contribution is 6.35. The Labute approximate surface area is 127 Å². The third-order valence-corrected chi connectivity index (χ3v) is 3.91. The van der Waals surface area contributed by atoms with Crippen LogP contribution in [-0.2, 0) is 0 Å². The maximum Gasteiger partial charge on any atom is 0.0572 e. The van der Waals surface area contributed by atoms with Gasteiger partial charge in [0.05, 0.1) is 6.04 Å². The molecule has 0 bridgehead atoms. The first-order valence-electron chi connectivity index (χ1n) is 6.20. The van der Waals surface area contributed by atoms with Crippen LogP contribution in [0.2, 0.25) is 10.0 Å². The van der Waals surface area contributed by atoms with Crippen LogP contribution in [0.5, 0.6) is 0 Å². The Morgan fingerprint density at radius 2 is 1.85 bits per heavy atom. The Balaban J connectivity index is 2.15. The van der Waals surface area contributed by atoms with Crippen molar-refractivity contribution in [2.24, 2.45) is 5.73 Å². The van der Waals surface area contributed by atoms with Crippen molar-refractivity contribution in [2.45, 2.75) is 6.04 Å². The molecule has 0 radical (unpaired) electrons. The first-order chi connectivity index (χ1) is 9.66. The second-order valence-corrected chi connectivity index (χ2v) is 5.43. The Morgan fingerprint density at radius 3 is 2.65 bits per heavy atom. The van der Waals surface area contributed by atoms with Gasteiger partial charge in [-0.2, -0.15) is 0 Å². The monoisotopic (exact) mass is 302 g/mol. The van der Waals surface area contributed by atoms with Crippen molar-refractivity contribution in [2.75, 3.05) is 0 Å². The number of rotatable bonds is 2. The Hall–Kier alpha value is -1.61. The maximum atomic E-state index is 6.39. The van der Waals surface area contributed by atoms with E-state index in [2.05, 4.69) is 4.98 Å². The van der Waals surface area contributed by atoms with E-state index in [1.165, 1.54) is 0 Å². The number of fused-ring (bicyclic) bond motifs is 1. The van der Waals surface area contributed by atoms with Crippen LogP contribution >= 0.6 is 23.2 Å². The largest absolute Gasteiger partial charge is 0.320 e. The molecule has 1 heterocycles. The van der Waals surface area contributed by atoms with Gasteiger partial charge in [-0.3, -0.25) is 4.98 Å². The normalized spacial score (nSPS) is 12.6. The molecule has 0 spiro atoms. The summed E-state index contributed by atoms with van der Waals surface area (Å²) in [5, 5.41) is 3.33. The molecule has 2 N–H and O–H groups in total. The van der Waals surface area contributed by atoms with E-state index < -0.39 is 0 Å². The average Bonchev–Trinajstić information content (AvgIpc) is 2.46. The van der Waals surface area contributed by atoms with Gasteiger partial charge in [-0.05, 0) is 34.7 Å². The van der Waals surface area contributed by atoms with Crippen LogP contribution in [0.25, 0.3) is 10.8 Å². The second-order valence-electron chi connectivity index (χ2n) is 4.59. The lowest BCUT2D eigenvalue weighted by atomic mass is 9.95. The average molecular weight is 303 g/mol. The van der Waals surface area contributed by atoms with E-state index in [1.807, 2.05) is 36.5 Å². The first kappa shape index (κ1) is 13.4. The van der Waals surface area contributed by atoms with Gasteiger partial charge in [0, 0.05) is 27.8 Å². The molecule has 0 amide bonds. The molecule has 2 aromatic carbocycles. The van der Waals surface area contributed by atoms with Gasteiger partial charge in [0.15, 0.2) is 0 Å². The number of pyridine rings is 1. The molecule has 0 aliphatic carbocycles. The van der Waals surface area contributed by atoms with E-state index in [0.717, 1.165) is 21.9 Å². The lowest BCUT2D eigenvalue weighted by molar-refractivity contribution is 0.881. The summed E-state index contributed by atoms with van der Waals surface area (Å²) in [6, 6.07) is 13.1. The van der Waals surface area contributed by atoms with Crippen molar-refractivity contribution in [3.8, 4) is 0 Å². The highest BCUT2D eigenvalue weighted by Crippen LogP contribution is 2.32. The number of aromatic nitrogens is 1. The third-order valence-electron chi connectivity index (χ3n) is 3.35. The molecule has 1 aromatic heterocycles. The van der Waals surface area contributed by atoms with Crippen molar-refractivity contribution in [3.05, 3.63) is 76.0 Å². The molecule has 20 heavy (non-hydrogen) atoms. The van der Waals surface area contributed by atoms with Gasteiger partial charge in [0.25, 0.3) is 0 Å². The Kier molecular flexibility index (Phi) is 3.62. The van der Waals surface area contributed by atoms with Crippen LogP contribution in [0.1, 0.15) is 17.2 Å². The van der Waals surface area contributed by atoms with Crippen LogP contribution in [0, 0.1) is 0 Å². The summed E-state index contributed by atoms with van der Waals surface area (Å²) in [7, 11) is 0. The summed E-state index contributed by atoms with van der Waals surface area (Å²) in [6.07, 6.45) is 3.59. The summed E-state index contributed by atoms with van der Waals surface area (Å²) in [5.74, 6) is 0. The van der Waals surface area contributed by atoms with E-state index in [1.54, 1.807) is 18.3 Å². The van der Waals surface area contributed by atoms with Gasteiger partial charge in [-0.15, -0.1) is 0 Å². The second kappa shape index (κ2) is 5.41. The van der Waals surface area contributed by atoms with E-state index in [0.29, 0.717) is 10.0 Å². The molecular formula is C16H12Cl2N2. The quantitative estimate of drug-likeness (QED) is 0.752. The van der Waals surface area contributed by atoms with Crippen molar-refractivity contribution < 1.29 is 0 Å². The van der Waals surface area contributed by atoms with Crippen molar-refractivity contribution in [1.29, 1.82) is 0 Å². The van der Waals surface area contributed by atoms with Crippen LogP contribution < -0.4 is 5.73 Å². The zero-order valence-electron chi connectivity index (χ0n) is 10.6. The third kappa shape index (κ3) is 2.38. The molecule has 2 nitrogen and oxygen atoms in total. The molecule has 0 fully saturated rings. The number of benzene rings is 2. The molecule has 0 aliphatic rings. The van der Waals surface area contributed by atoms with Gasteiger partial charge in [-0.25, -0.2) is 0 Å². The SMILES string of the molecule is NC(c1ccc(Cl)cc1Cl)c1cccc2cnccc12. The Morgan fingerprint density at radius 1 is 1.00 bits per heavy atom. The Bertz CT molecular complexity index is 766. The fraction of sp³-hybridized carbons (Fsp3) is 0.0625. The lowest BCUT2D eigenvalue weighted by Gasteiger charge is -2.16. The van der Waals surface area contributed by atoms with Crippen molar-refractivity contribution in [1.82, 2.24) is 4.98 Å². The minimum absolute atomic E-state index is 0.300. The molecule has 1 atom stereocenters. The fourth-order valence-electron chi connectivity index (χ4n) is 2.34. The highest BCUT2D eigenvalue weighted by Gasteiger charge is 2.15. The first-order valence-corrected chi connectivity index (χ1v) is 6.95. The molecule has 1 unspecified atom stereocenters. The van der Waals surface area contributed by atoms with E-state index >= 15 is 0 Å². The molecule has 3 aromatic rings. The molecule has 3 rings (SSSR count). The molecule has 0 aliphatic heterocycles. The zero-order valence-corrected chi connectivity index (χ0v) is 12.1. The highest BCUT2D eigenvalue weighted by atomic mass is 35.5. The van der Waals surface area contributed by atoms with Crippen LogP contribution in [0.4, 0.5) is 0 Å². The molecule has 0 saturated heterocycles. The summed E-state index contributed by atoms with van der Waals surface area (Å²) in [5.41, 5.74) is 8.27. The molecule has 100 valence electrons. The number of hydrogen-bond acceptors (Lipinski definition) is 2. The number of nitrogens with two attached hydrogens (primary N) is 1. The number of hydrogen-bond donors (Lipinski definition) is 1. The topological polar surface area (TPSA) is 38.9 Å². The van der Waals surface area contributed by atoms with Crippen LogP contribution in [0.3, 0.4) is 0 Å². The molecule has 4 heteroatoms. The van der Waals surface area contributed by atoms with E-state index in [9.17, 15) is 0 Å². The van der Waals surface area contributed by atoms with Gasteiger partial charge >= 0.3 is 0 Å². The standard InChI is InChI=1S/C16H12Cl2N2/c17-11-4-5-14(15(18)8-11)16(19)13-3-1-2-10-9-20-7-6-12(10)13/h1-9,16H,19H2. The van der Waals surface area contributed by atoms with E-state index in [-0.39, 0.29) is 6.04 Å². The van der Waals surface area contributed by atoms with Crippen LogP contribution in [-0.4, -0.2) is 4.98 Å². The predicted octanol–water partition coefficient (Wildman–Crippen LogP) is 4.59. The number of nitrogens with zero attached hydrogens (tertiary/aromatic N) is 1. The van der Waals surface area contributed by atoms with Gasteiger partial charge < -0.3 is 5.73 Å². The van der Waals surface area contributed by atoms with E-state index in [4.69, 9.17) is 28.9 Å².